The molecule has 1 unspecified atom stereocenters. The molecule has 4 nitrogen and oxygen atoms in total. The number of carbonyl (C=O) groups excluding carboxylic acids is 1. The van der Waals surface area contributed by atoms with Gasteiger partial charge in [0.15, 0.2) is 0 Å². The molecule has 1 atom stereocenters. The lowest BCUT2D eigenvalue weighted by Crippen LogP contribution is -2.35. The standard InChI is InChI=1S/C13H20N2O2/c1-3-4-10-5-7-11(8-6-10)15-13(16)12(9-14)17-2/h5-8,12H,3-4,9,14H2,1-2H3,(H,15,16). The van der Waals surface area contributed by atoms with Gasteiger partial charge in [-0.25, -0.2) is 0 Å². The van der Waals surface area contributed by atoms with Crippen LogP contribution in [0.1, 0.15) is 18.9 Å². The molecule has 0 aliphatic carbocycles. The van der Waals surface area contributed by atoms with E-state index in [0.29, 0.717) is 0 Å². The fraction of sp³-hybridized carbons (Fsp3) is 0.462. The monoisotopic (exact) mass is 236 g/mol. The molecule has 1 amide bonds. The number of benzene rings is 1. The van der Waals surface area contributed by atoms with Crippen LogP contribution in [0.15, 0.2) is 24.3 Å². The van der Waals surface area contributed by atoms with E-state index >= 15 is 0 Å². The molecule has 1 aromatic rings. The minimum atomic E-state index is -0.592. The third-order valence-electron chi connectivity index (χ3n) is 2.55. The first-order valence-electron chi connectivity index (χ1n) is 5.84. The van der Waals surface area contributed by atoms with Crippen LogP contribution < -0.4 is 11.1 Å². The molecule has 0 aromatic heterocycles. The van der Waals surface area contributed by atoms with E-state index in [1.54, 1.807) is 0 Å². The third-order valence-corrected chi connectivity index (χ3v) is 2.55. The van der Waals surface area contributed by atoms with Crippen LogP contribution in [0.4, 0.5) is 5.69 Å². The maximum atomic E-state index is 11.7. The molecule has 0 fully saturated rings. The lowest BCUT2D eigenvalue weighted by molar-refractivity contribution is -0.125. The summed E-state index contributed by atoms with van der Waals surface area (Å²) in [7, 11) is 1.47. The average molecular weight is 236 g/mol. The van der Waals surface area contributed by atoms with Crippen molar-refractivity contribution in [2.24, 2.45) is 5.73 Å². The maximum absolute atomic E-state index is 11.7. The smallest absolute Gasteiger partial charge is 0.254 e. The molecule has 17 heavy (non-hydrogen) atoms. The second-order valence-corrected chi connectivity index (χ2v) is 3.90. The summed E-state index contributed by atoms with van der Waals surface area (Å²) >= 11 is 0. The highest BCUT2D eigenvalue weighted by molar-refractivity contribution is 5.94. The Kier molecular flexibility index (Phi) is 5.66. The molecular weight excluding hydrogens is 216 g/mol. The number of hydrogen-bond donors (Lipinski definition) is 2. The molecule has 0 bridgehead atoms. The van der Waals surface area contributed by atoms with E-state index in [1.807, 2.05) is 24.3 Å². The minimum Gasteiger partial charge on any atom is -0.370 e. The molecule has 1 rings (SSSR count). The van der Waals surface area contributed by atoms with Gasteiger partial charge in [-0.1, -0.05) is 25.5 Å². The van der Waals surface area contributed by atoms with Crippen molar-refractivity contribution in [3.8, 4) is 0 Å². The van der Waals surface area contributed by atoms with Gasteiger partial charge in [-0.15, -0.1) is 0 Å². The Hall–Kier alpha value is -1.39. The second kappa shape index (κ2) is 7.04. The number of anilines is 1. The number of hydrogen-bond acceptors (Lipinski definition) is 3. The van der Waals surface area contributed by atoms with Gasteiger partial charge in [0.05, 0.1) is 0 Å². The summed E-state index contributed by atoms with van der Waals surface area (Å²) in [6.45, 7) is 2.32. The average Bonchev–Trinajstić information content (AvgIpc) is 2.33. The maximum Gasteiger partial charge on any atom is 0.254 e. The summed E-state index contributed by atoms with van der Waals surface area (Å²) in [6.07, 6.45) is 1.58. The quantitative estimate of drug-likeness (QED) is 0.787. The molecule has 4 heteroatoms. The van der Waals surface area contributed by atoms with Gasteiger partial charge in [-0.05, 0) is 24.1 Å². The molecule has 0 aliphatic rings. The molecule has 3 N–H and O–H groups in total. The van der Waals surface area contributed by atoms with E-state index < -0.39 is 6.10 Å². The van der Waals surface area contributed by atoms with Crippen LogP contribution in [-0.4, -0.2) is 25.7 Å². The summed E-state index contributed by atoms with van der Waals surface area (Å²) in [5.74, 6) is -0.210. The van der Waals surface area contributed by atoms with Crippen LogP contribution in [0.5, 0.6) is 0 Å². The highest BCUT2D eigenvalue weighted by atomic mass is 16.5. The topological polar surface area (TPSA) is 64.4 Å². The number of nitrogens with one attached hydrogen (secondary N) is 1. The van der Waals surface area contributed by atoms with E-state index in [-0.39, 0.29) is 12.5 Å². The minimum absolute atomic E-state index is 0.177. The number of aryl methyl sites for hydroxylation is 1. The zero-order valence-corrected chi connectivity index (χ0v) is 10.4. The zero-order chi connectivity index (χ0) is 12.7. The fourth-order valence-electron chi connectivity index (χ4n) is 1.58. The van der Waals surface area contributed by atoms with Crippen molar-refractivity contribution in [3.63, 3.8) is 0 Å². The lowest BCUT2D eigenvalue weighted by atomic mass is 10.1. The molecule has 1 aromatic carbocycles. The first-order valence-corrected chi connectivity index (χ1v) is 5.84. The summed E-state index contributed by atoms with van der Waals surface area (Å²) < 4.78 is 4.96. The number of carbonyl (C=O) groups is 1. The number of ether oxygens (including phenoxy) is 1. The van der Waals surface area contributed by atoms with Gasteiger partial charge in [-0.2, -0.15) is 0 Å². The molecule has 0 spiro atoms. The Balaban J connectivity index is 2.59. The van der Waals surface area contributed by atoms with E-state index in [1.165, 1.54) is 12.7 Å². The van der Waals surface area contributed by atoms with Crippen molar-refractivity contribution in [3.05, 3.63) is 29.8 Å². The van der Waals surface area contributed by atoms with Crippen LogP contribution in [-0.2, 0) is 16.0 Å². The molecule has 0 radical (unpaired) electrons. The van der Waals surface area contributed by atoms with Crippen LogP contribution in [0.3, 0.4) is 0 Å². The molecule has 0 saturated carbocycles. The van der Waals surface area contributed by atoms with E-state index in [4.69, 9.17) is 10.5 Å². The van der Waals surface area contributed by atoms with Crippen molar-refractivity contribution >= 4 is 11.6 Å². The summed E-state index contributed by atoms with van der Waals surface area (Å²) in [5, 5.41) is 2.77. The van der Waals surface area contributed by atoms with Crippen molar-refractivity contribution < 1.29 is 9.53 Å². The van der Waals surface area contributed by atoms with Gasteiger partial charge in [0.2, 0.25) is 0 Å². The first-order chi connectivity index (χ1) is 8.21. The zero-order valence-electron chi connectivity index (χ0n) is 10.4. The van der Waals surface area contributed by atoms with Crippen molar-refractivity contribution in [2.75, 3.05) is 19.0 Å². The van der Waals surface area contributed by atoms with Crippen molar-refractivity contribution in [1.82, 2.24) is 0 Å². The van der Waals surface area contributed by atoms with Gasteiger partial charge in [0.25, 0.3) is 5.91 Å². The number of methoxy groups -OCH3 is 1. The number of amides is 1. The van der Waals surface area contributed by atoms with Crippen LogP contribution >= 0.6 is 0 Å². The summed E-state index contributed by atoms with van der Waals surface area (Å²) in [5.41, 5.74) is 7.46. The van der Waals surface area contributed by atoms with Crippen LogP contribution in [0.2, 0.25) is 0 Å². The summed E-state index contributed by atoms with van der Waals surface area (Å²) in [4.78, 5) is 11.7. The number of rotatable bonds is 6. The molecular formula is C13H20N2O2. The third kappa shape index (κ3) is 4.17. The van der Waals surface area contributed by atoms with E-state index in [2.05, 4.69) is 12.2 Å². The highest BCUT2D eigenvalue weighted by Crippen LogP contribution is 2.11. The van der Waals surface area contributed by atoms with E-state index in [0.717, 1.165) is 18.5 Å². The van der Waals surface area contributed by atoms with Gasteiger partial charge in [-0.3, -0.25) is 4.79 Å². The molecule has 0 heterocycles. The Labute approximate surface area is 102 Å². The first kappa shape index (κ1) is 13.7. The van der Waals surface area contributed by atoms with Gasteiger partial charge >= 0.3 is 0 Å². The Bertz CT molecular complexity index is 345. The predicted molar refractivity (Wildman–Crippen MR) is 68.9 cm³/mol. The van der Waals surface area contributed by atoms with Gasteiger partial charge in [0.1, 0.15) is 6.10 Å². The van der Waals surface area contributed by atoms with Crippen molar-refractivity contribution in [2.45, 2.75) is 25.9 Å². The molecule has 0 aliphatic heterocycles. The van der Waals surface area contributed by atoms with E-state index in [9.17, 15) is 4.79 Å². The van der Waals surface area contributed by atoms with Crippen LogP contribution in [0, 0.1) is 0 Å². The van der Waals surface area contributed by atoms with Gasteiger partial charge in [0, 0.05) is 19.3 Å². The highest BCUT2D eigenvalue weighted by Gasteiger charge is 2.15. The summed E-state index contributed by atoms with van der Waals surface area (Å²) in [6, 6.07) is 7.82. The van der Waals surface area contributed by atoms with Crippen LogP contribution in [0.25, 0.3) is 0 Å². The predicted octanol–water partition coefficient (Wildman–Crippen LogP) is 1.55. The lowest BCUT2D eigenvalue weighted by Gasteiger charge is -2.13. The van der Waals surface area contributed by atoms with Gasteiger partial charge < -0.3 is 15.8 Å². The molecule has 94 valence electrons. The normalized spacial score (nSPS) is 12.2. The fourth-order valence-corrected chi connectivity index (χ4v) is 1.58. The SMILES string of the molecule is CCCc1ccc(NC(=O)C(CN)OC)cc1. The second-order valence-electron chi connectivity index (χ2n) is 3.90. The largest absolute Gasteiger partial charge is 0.370 e. The molecule has 0 saturated heterocycles. The Morgan fingerprint density at radius 2 is 2.06 bits per heavy atom. The Morgan fingerprint density at radius 3 is 2.53 bits per heavy atom. The number of nitrogens with two attached hydrogens (primary N) is 1. The van der Waals surface area contributed by atoms with Crippen molar-refractivity contribution in [1.29, 1.82) is 0 Å². The Morgan fingerprint density at radius 1 is 1.41 bits per heavy atom.